The lowest BCUT2D eigenvalue weighted by Gasteiger charge is -2.33. The Morgan fingerprint density at radius 2 is 1.68 bits per heavy atom. The number of ether oxygens (including phenoxy) is 1. The molecule has 0 saturated heterocycles. The van der Waals surface area contributed by atoms with Gasteiger partial charge in [0, 0.05) is 7.11 Å². The number of halogens is 5. The molecule has 22 heavy (non-hydrogen) atoms. The Kier molecular flexibility index (Phi) is 5.60. The average molecular weight is 324 g/mol. The summed E-state index contributed by atoms with van der Waals surface area (Å²) in [5, 5.41) is 0. The molecule has 0 bridgehead atoms. The van der Waals surface area contributed by atoms with E-state index in [4.69, 9.17) is 4.74 Å². The van der Waals surface area contributed by atoms with E-state index in [1.807, 2.05) is 19.9 Å². The van der Waals surface area contributed by atoms with Gasteiger partial charge in [0.2, 0.25) is 0 Å². The first-order valence-electron chi connectivity index (χ1n) is 7.00. The monoisotopic (exact) mass is 324 g/mol. The van der Waals surface area contributed by atoms with Gasteiger partial charge in [-0.3, -0.25) is 0 Å². The van der Waals surface area contributed by atoms with E-state index < -0.39 is 24.1 Å². The highest BCUT2D eigenvalue weighted by Crippen LogP contribution is 2.45. The third-order valence-electron chi connectivity index (χ3n) is 3.61. The van der Waals surface area contributed by atoms with Crippen LogP contribution >= 0.6 is 0 Å². The second-order valence-corrected chi connectivity index (χ2v) is 6.11. The van der Waals surface area contributed by atoms with E-state index in [2.05, 4.69) is 0 Å². The predicted octanol–water partition coefficient (Wildman–Crippen LogP) is 5.33. The first kappa shape index (κ1) is 18.9. The number of hydrogen-bond donors (Lipinski definition) is 0. The molecule has 6 heteroatoms. The lowest BCUT2D eigenvalue weighted by atomic mass is 9.87. The van der Waals surface area contributed by atoms with Gasteiger partial charge in [0.1, 0.15) is 0 Å². The van der Waals surface area contributed by atoms with Crippen LogP contribution in [0.1, 0.15) is 38.3 Å². The number of methoxy groups -OCH3 is 1. The van der Waals surface area contributed by atoms with Crippen molar-refractivity contribution in [2.24, 2.45) is 5.92 Å². The van der Waals surface area contributed by atoms with Gasteiger partial charge in [-0.05, 0) is 30.4 Å². The van der Waals surface area contributed by atoms with E-state index in [1.54, 1.807) is 12.1 Å². The summed E-state index contributed by atoms with van der Waals surface area (Å²) in [5.74, 6) is -4.47. The maximum Gasteiger partial charge on any atom is 0.453 e. The summed E-state index contributed by atoms with van der Waals surface area (Å²) < 4.78 is 69.2. The van der Waals surface area contributed by atoms with Crippen molar-refractivity contribution in [3.8, 4) is 0 Å². The molecular weight excluding hydrogens is 303 g/mol. The van der Waals surface area contributed by atoms with Crippen LogP contribution in [0.4, 0.5) is 22.0 Å². The lowest BCUT2D eigenvalue weighted by Crippen LogP contribution is -2.43. The molecule has 1 rings (SSSR count). The van der Waals surface area contributed by atoms with Crippen LogP contribution in [0.15, 0.2) is 24.3 Å². The van der Waals surface area contributed by atoms with E-state index in [0.29, 0.717) is 17.9 Å². The minimum absolute atomic E-state index is 0.317. The van der Waals surface area contributed by atoms with Gasteiger partial charge in [0.15, 0.2) is 0 Å². The first-order valence-corrected chi connectivity index (χ1v) is 7.00. The SMILES string of the molecule is COC(C)(CC(F)(F)C(F)(F)F)c1cccc(CC(C)C)c1. The zero-order valence-electron chi connectivity index (χ0n) is 13.1. The van der Waals surface area contributed by atoms with Crippen molar-refractivity contribution in [2.45, 2.75) is 51.3 Å². The van der Waals surface area contributed by atoms with Gasteiger partial charge in [-0.1, -0.05) is 38.1 Å². The molecule has 0 aromatic heterocycles. The van der Waals surface area contributed by atoms with Crippen molar-refractivity contribution in [3.63, 3.8) is 0 Å². The highest BCUT2D eigenvalue weighted by Gasteiger charge is 2.60. The number of hydrogen-bond acceptors (Lipinski definition) is 1. The van der Waals surface area contributed by atoms with Crippen LogP contribution in [0.2, 0.25) is 0 Å². The second kappa shape index (κ2) is 6.52. The van der Waals surface area contributed by atoms with E-state index in [0.717, 1.165) is 12.7 Å². The van der Waals surface area contributed by atoms with Gasteiger partial charge < -0.3 is 4.74 Å². The van der Waals surface area contributed by atoms with Gasteiger partial charge in [-0.15, -0.1) is 0 Å². The van der Waals surface area contributed by atoms with Crippen molar-refractivity contribution in [2.75, 3.05) is 7.11 Å². The van der Waals surface area contributed by atoms with Gasteiger partial charge >= 0.3 is 12.1 Å². The van der Waals surface area contributed by atoms with E-state index in [1.165, 1.54) is 13.0 Å². The molecule has 0 aliphatic heterocycles. The normalized spacial score (nSPS) is 15.9. The molecule has 0 fully saturated rings. The maximum atomic E-state index is 13.4. The molecule has 0 saturated carbocycles. The molecule has 0 N–H and O–H groups in total. The summed E-state index contributed by atoms with van der Waals surface area (Å²) in [6.07, 6.45) is -6.34. The summed E-state index contributed by atoms with van der Waals surface area (Å²) in [7, 11) is 1.14. The topological polar surface area (TPSA) is 9.23 Å². The Hall–Kier alpha value is -1.17. The van der Waals surface area contributed by atoms with Crippen molar-refractivity contribution in [1.29, 1.82) is 0 Å². The fourth-order valence-electron chi connectivity index (χ4n) is 2.31. The molecule has 1 nitrogen and oxygen atoms in total. The molecule has 0 spiro atoms. The Morgan fingerprint density at radius 3 is 2.14 bits per heavy atom. The quantitative estimate of drug-likeness (QED) is 0.642. The standard InChI is InChI=1S/C16H21F5O/c1-11(2)8-12-6-5-7-13(9-12)14(3,22-4)10-15(17,18)16(19,20)21/h5-7,9,11H,8,10H2,1-4H3. The van der Waals surface area contributed by atoms with Crippen LogP contribution in [0.25, 0.3) is 0 Å². The molecule has 0 heterocycles. The number of rotatable bonds is 6. The molecule has 1 unspecified atom stereocenters. The Bertz CT molecular complexity index is 496. The van der Waals surface area contributed by atoms with Crippen molar-refractivity contribution >= 4 is 0 Å². The van der Waals surface area contributed by atoms with Gasteiger partial charge in [-0.25, -0.2) is 0 Å². The summed E-state index contributed by atoms with van der Waals surface area (Å²) in [6, 6.07) is 6.62. The predicted molar refractivity (Wildman–Crippen MR) is 75.0 cm³/mol. The third-order valence-corrected chi connectivity index (χ3v) is 3.61. The molecule has 1 aromatic rings. The van der Waals surface area contributed by atoms with E-state index >= 15 is 0 Å². The fourth-order valence-corrected chi connectivity index (χ4v) is 2.31. The second-order valence-electron chi connectivity index (χ2n) is 6.11. The minimum Gasteiger partial charge on any atom is -0.374 e. The molecule has 1 atom stereocenters. The van der Waals surface area contributed by atoms with E-state index in [9.17, 15) is 22.0 Å². The molecule has 0 radical (unpaired) electrons. The third kappa shape index (κ3) is 4.41. The van der Waals surface area contributed by atoms with Crippen molar-refractivity contribution in [3.05, 3.63) is 35.4 Å². The minimum atomic E-state index is -5.59. The number of benzene rings is 1. The molecule has 126 valence electrons. The zero-order chi connectivity index (χ0) is 17.2. The molecule has 0 amide bonds. The molecule has 0 aliphatic carbocycles. The van der Waals surface area contributed by atoms with Gasteiger partial charge in [0.05, 0.1) is 12.0 Å². The highest BCUT2D eigenvalue weighted by atomic mass is 19.4. The van der Waals surface area contributed by atoms with Crippen LogP contribution in [0, 0.1) is 5.92 Å². The Balaban J connectivity index is 3.13. The van der Waals surface area contributed by atoms with E-state index in [-0.39, 0.29) is 0 Å². The van der Waals surface area contributed by atoms with Crippen LogP contribution in [0.5, 0.6) is 0 Å². The van der Waals surface area contributed by atoms with Crippen molar-refractivity contribution in [1.82, 2.24) is 0 Å². The largest absolute Gasteiger partial charge is 0.453 e. The van der Waals surface area contributed by atoms with Gasteiger partial charge in [0.25, 0.3) is 0 Å². The van der Waals surface area contributed by atoms with Crippen LogP contribution in [-0.2, 0) is 16.8 Å². The maximum absolute atomic E-state index is 13.4. The smallest absolute Gasteiger partial charge is 0.374 e. The molecule has 0 aliphatic rings. The summed E-state index contributed by atoms with van der Waals surface area (Å²) >= 11 is 0. The number of alkyl halides is 5. The molecular formula is C16H21F5O. The Labute approximate surface area is 127 Å². The average Bonchev–Trinajstić information content (AvgIpc) is 2.36. The summed E-state index contributed by atoms with van der Waals surface area (Å²) in [6.45, 7) is 5.25. The highest BCUT2D eigenvalue weighted by molar-refractivity contribution is 5.29. The summed E-state index contributed by atoms with van der Waals surface area (Å²) in [5.41, 5.74) is -0.519. The van der Waals surface area contributed by atoms with Crippen molar-refractivity contribution < 1.29 is 26.7 Å². The van der Waals surface area contributed by atoms with Crippen LogP contribution in [-0.4, -0.2) is 19.2 Å². The molecule has 1 aromatic carbocycles. The van der Waals surface area contributed by atoms with Crippen LogP contribution in [0.3, 0.4) is 0 Å². The summed E-state index contributed by atoms with van der Waals surface area (Å²) in [4.78, 5) is 0. The van der Waals surface area contributed by atoms with Gasteiger partial charge in [-0.2, -0.15) is 22.0 Å². The zero-order valence-corrected chi connectivity index (χ0v) is 13.1. The Morgan fingerprint density at radius 1 is 1.09 bits per heavy atom. The lowest BCUT2D eigenvalue weighted by molar-refractivity contribution is -0.298. The fraction of sp³-hybridized carbons (Fsp3) is 0.625. The first-order chi connectivity index (χ1) is 9.91. The van der Waals surface area contributed by atoms with Crippen LogP contribution < -0.4 is 0 Å².